The molecular formula is C31H24F3N3O4. The molecule has 0 atom stereocenters. The standard InChI is InChI=1S/C31H24F3N3O4/c1-16-28(21-7-6-19(32)13-22(21)33)31(39)29(17(2)37(16)3)25(38)12-18-5-8-26(23(34)11-18)41-27-9-10-35-24-14-20(40-4)15-36-30(24)27/h5-11,13-15H,12H2,1-4H3. The third-order valence-corrected chi connectivity index (χ3v) is 7.00. The Balaban J connectivity index is 1.45. The minimum absolute atomic E-state index is 0.0373. The van der Waals surface area contributed by atoms with E-state index in [0.29, 0.717) is 39.8 Å². The fourth-order valence-electron chi connectivity index (χ4n) is 4.69. The van der Waals surface area contributed by atoms with Gasteiger partial charge in [-0.3, -0.25) is 14.6 Å². The van der Waals surface area contributed by atoms with Crippen molar-refractivity contribution in [3.05, 3.63) is 111 Å². The van der Waals surface area contributed by atoms with E-state index in [9.17, 15) is 18.4 Å². The number of halogens is 3. The van der Waals surface area contributed by atoms with Gasteiger partial charge in [-0.25, -0.2) is 18.2 Å². The topological polar surface area (TPSA) is 83.3 Å². The van der Waals surface area contributed by atoms with Gasteiger partial charge in [-0.1, -0.05) is 6.07 Å². The van der Waals surface area contributed by atoms with Crippen LogP contribution in [0.4, 0.5) is 13.2 Å². The van der Waals surface area contributed by atoms with Crippen molar-refractivity contribution in [3.8, 4) is 28.4 Å². The number of fused-ring (bicyclic) bond motifs is 1. The highest BCUT2D eigenvalue weighted by atomic mass is 19.1. The number of pyridine rings is 3. The van der Waals surface area contributed by atoms with Gasteiger partial charge in [0.25, 0.3) is 0 Å². The predicted molar refractivity (Wildman–Crippen MR) is 147 cm³/mol. The zero-order valence-electron chi connectivity index (χ0n) is 22.6. The normalized spacial score (nSPS) is 11.1. The van der Waals surface area contributed by atoms with Crippen molar-refractivity contribution in [2.45, 2.75) is 20.3 Å². The molecule has 0 saturated heterocycles. The van der Waals surface area contributed by atoms with Gasteiger partial charge in [0.1, 0.15) is 22.9 Å². The second-order valence-corrected chi connectivity index (χ2v) is 9.45. The fraction of sp³-hybridized carbons (Fsp3) is 0.161. The van der Waals surface area contributed by atoms with E-state index in [0.717, 1.165) is 12.1 Å². The molecule has 41 heavy (non-hydrogen) atoms. The Morgan fingerprint density at radius 1 is 0.927 bits per heavy atom. The Morgan fingerprint density at radius 2 is 1.71 bits per heavy atom. The fourth-order valence-corrected chi connectivity index (χ4v) is 4.69. The molecule has 0 aliphatic carbocycles. The van der Waals surface area contributed by atoms with Crippen molar-refractivity contribution in [2.24, 2.45) is 7.05 Å². The molecule has 3 heterocycles. The summed E-state index contributed by atoms with van der Waals surface area (Å²) >= 11 is 0. The summed E-state index contributed by atoms with van der Waals surface area (Å²) in [6.07, 6.45) is 2.70. The van der Waals surface area contributed by atoms with E-state index in [-0.39, 0.29) is 34.6 Å². The first-order valence-electron chi connectivity index (χ1n) is 12.5. The second-order valence-electron chi connectivity index (χ2n) is 9.45. The molecule has 0 aliphatic heterocycles. The van der Waals surface area contributed by atoms with E-state index in [4.69, 9.17) is 9.47 Å². The zero-order valence-corrected chi connectivity index (χ0v) is 22.6. The molecule has 208 valence electrons. The third kappa shape index (κ3) is 5.16. The van der Waals surface area contributed by atoms with Crippen LogP contribution in [-0.4, -0.2) is 27.4 Å². The van der Waals surface area contributed by atoms with Crippen LogP contribution in [-0.2, 0) is 13.5 Å². The number of methoxy groups -OCH3 is 1. The lowest BCUT2D eigenvalue weighted by molar-refractivity contribution is 0.0990. The molecule has 0 bridgehead atoms. The summed E-state index contributed by atoms with van der Waals surface area (Å²) in [5.74, 6) is -2.30. The summed E-state index contributed by atoms with van der Waals surface area (Å²) in [5, 5.41) is 0. The summed E-state index contributed by atoms with van der Waals surface area (Å²) in [4.78, 5) is 35.4. The van der Waals surface area contributed by atoms with E-state index < -0.39 is 28.7 Å². The first-order chi connectivity index (χ1) is 19.6. The van der Waals surface area contributed by atoms with Crippen LogP contribution in [0.2, 0.25) is 0 Å². The molecule has 0 amide bonds. The molecule has 0 spiro atoms. The first-order valence-corrected chi connectivity index (χ1v) is 12.5. The molecule has 2 aromatic carbocycles. The van der Waals surface area contributed by atoms with E-state index >= 15 is 4.39 Å². The van der Waals surface area contributed by atoms with E-state index in [1.54, 1.807) is 37.6 Å². The molecule has 0 fully saturated rings. The maximum atomic E-state index is 15.1. The van der Waals surface area contributed by atoms with E-state index in [1.165, 1.54) is 37.7 Å². The number of Topliss-reactive ketones (excluding diaryl/α,β-unsaturated/α-hetero) is 1. The van der Waals surface area contributed by atoms with E-state index in [2.05, 4.69) is 9.97 Å². The lowest BCUT2D eigenvalue weighted by Gasteiger charge is -2.18. The minimum Gasteiger partial charge on any atom is -0.495 e. The summed E-state index contributed by atoms with van der Waals surface area (Å²) in [5.41, 5.74) is 1.03. The van der Waals surface area contributed by atoms with Gasteiger partial charge >= 0.3 is 0 Å². The van der Waals surface area contributed by atoms with Crippen molar-refractivity contribution in [3.63, 3.8) is 0 Å². The van der Waals surface area contributed by atoms with Gasteiger partial charge in [-0.05, 0) is 43.7 Å². The molecule has 0 saturated carbocycles. The van der Waals surface area contributed by atoms with E-state index in [1.807, 2.05) is 0 Å². The number of hydrogen-bond donors (Lipinski definition) is 0. The Labute approximate surface area is 232 Å². The van der Waals surface area contributed by atoms with Crippen molar-refractivity contribution in [2.75, 3.05) is 7.11 Å². The number of nitrogens with zero attached hydrogens (tertiary/aromatic N) is 3. The van der Waals surface area contributed by atoms with Gasteiger partial charge in [0.2, 0.25) is 5.43 Å². The van der Waals surface area contributed by atoms with Gasteiger partial charge in [-0.2, -0.15) is 0 Å². The number of rotatable bonds is 7. The SMILES string of the molecule is COc1cnc2c(Oc3ccc(CC(=O)c4c(C)n(C)c(C)c(-c5ccc(F)cc5F)c4=O)cc3F)ccnc2c1. The van der Waals surface area contributed by atoms with Crippen LogP contribution in [0, 0.1) is 31.3 Å². The molecule has 3 aromatic heterocycles. The smallest absolute Gasteiger partial charge is 0.200 e. The average molecular weight is 560 g/mol. The van der Waals surface area contributed by atoms with Crippen molar-refractivity contribution >= 4 is 16.8 Å². The van der Waals surface area contributed by atoms with Crippen LogP contribution in [0.3, 0.4) is 0 Å². The monoisotopic (exact) mass is 559 g/mol. The maximum absolute atomic E-state index is 15.1. The van der Waals surface area contributed by atoms with Gasteiger partial charge in [0.15, 0.2) is 23.1 Å². The number of hydrogen-bond acceptors (Lipinski definition) is 6. The van der Waals surface area contributed by atoms with Gasteiger partial charge in [0, 0.05) is 54.8 Å². The minimum atomic E-state index is -0.915. The van der Waals surface area contributed by atoms with Crippen LogP contribution >= 0.6 is 0 Å². The molecule has 5 aromatic rings. The van der Waals surface area contributed by atoms with Crippen LogP contribution in [0.5, 0.6) is 17.2 Å². The molecular weight excluding hydrogens is 535 g/mol. The van der Waals surface area contributed by atoms with Gasteiger partial charge in [0.05, 0.1) is 30.0 Å². The van der Waals surface area contributed by atoms with Gasteiger partial charge < -0.3 is 14.0 Å². The first kappa shape index (κ1) is 27.6. The highest BCUT2D eigenvalue weighted by Gasteiger charge is 2.24. The van der Waals surface area contributed by atoms with Gasteiger partial charge in [-0.15, -0.1) is 0 Å². The van der Waals surface area contributed by atoms with Crippen molar-refractivity contribution in [1.29, 1.82) is 0 Å². The largest absolute Gasteiger partial charge is 0.495 e. The molecule has 0 aliphatic rings. The zero-order chi connectivity index (χ0) is 29.4. The number of benzene rings is 2. The van der Waals surface area contributed by atoms with Crippen molar-refractivity contribution < 1.29 is 27.4 Å². The Kier molecular flexibility index (Phi) is 7.32. The highest BCUT2D eigenvalue weighted by molar-refractivity contribution is 5.99. The lowest BCUT2D eigenvalue weighted by Crippen LogP contribution is -2.26. The Bertz CT molecular complexity index is 1900. The molecule has 5 rings (SSSR count). The highest BCUT2D eigenvalue weighted by Crippen LogP contribution is 2.31. The number of ketones is 1. The Hall–Kier alpha value is -4.99. The van der Waals surface area contributed by atoms with Crippen molar-refractivity contribution in [1.82, 2.24) is 14.5 Å². The maximum Gasteiger partial charge on any atom is 0.200 e. The molecule has 0 radical (unpaired) electrons. The number of ether oxygens (including phenoxy) is 2. The quantitative estimate of drug-likeness (QED) is 0.219. The summed E-state index contributed by atoms with van der Waals surface area (Å²) in [6, 6.07) is 10.2. The third-order valence-electron chi connectivity index (χ3n) is 7.00. The van der Waals surface area contributed by atoms with Crippen LogP contribution < -0.4 is 14.9 Å². The van der Waals surface area contributed by atoms with Crippen LogP contribution in [0.15, 0.2) is 65.7 Å². The molecule has 0 N–H and O–H groups in total. The summed E-state index contributed by atoms with van der Waals surface area (Å²) < 4.78 is 55.8. The molecule has 10 heteroatoms. The second kappa shape index (κ2) is 10.9. The van der Waals surface area contributed by atoms with Crippen LogP contribution in [0.1, 0.15) is 27.3 Å². The van der Waals surface area contributed by atoms with Crippen LogP contribution in [0.25, 0.3) is 22.2 Å². The summed E-state index contributed by atoms with van der Waals surface area (Å²) in [7, 11) is 3.15. The number of carbonyl (C=O) groups is 1. The average Bonchev–Trinajstić information content (AvgIpc) is 2.94. The Morgan fingerprint density at radius 3 is 2.41 bits per heavy atom. The lowest BCUT2D eigenvalue weighted by atomic mass is 9.95. The molecule has 7 nitrogen and oxygen atoms in total. The summed E-state index contributed by atoms with van der Waals surface area (Å²) in [6.45, 7) is 3.22. The number of carbonyl (C=O) groups excluding carboxylic acids is 1. The molecule has 0 unspecified atom stereocenters. The predicted octanol–water partition coefficient (Wildman–Crippen LogP) is 6.26. The number of aromatic nitrogens is 3.